The summed E-state index contributed by atoms with van der Waals surface area (Å²) in [7, 11) is -7.48. The SMILES string of the molecule is C=CS(=O)(=O)c1ccc(N)c(S(=O)(=O)C=C)c1. The monoisotopic (exact) mass is 273 g/mol. The molecule has 5 nitrogen and oxygen atoms in total. The maximum Gasteiger partial charge on any atom is 0.201 e. The molecule has 2 N–H and O–H groups in total. The Morgan fingerprint density at radius 1 is 1.00 bits per heavy atom. The number of hydrogen-bond donors (Lipinski definition) is 1. The fraction of sp³-hybridized carbons (Fsp3) is 0. The zero-order valence-electron chi connectivity index (χ0n) is 8.83. The number of nitrogens with two attached hydrogens (primary N) is 1. The maximum absolute atomic E-state index is 11.6. The first-order valence-corrected chi connectivity index (χ1v) is 7.48. The largest absolute Gasteiger partial charge is 0.398 e. The van der Waals surface area contributed by atoms with Gasteiger partial charge in [-0.1, -0.05) is 13.2 Å². The molecule has 7 heteroatoms. The molecule has 0 amide bonds. The van der Waals surface area contributed by atoms with E-state index in [1.165, 1.54) is 12.1 Å². The van der Waals surface area contributed by atoms with Gasteiger partial charge in [-0.2, -0.15) is 0 Å². The minimum atomic E-state index is -3.78. The van der Waals surface area contributed by atoms with Gasteiger partial charge < -0.3 is 5.73 Å². The maximum atomic E-state index is 11.6. The van der Waals surface area contributed by atoms with Gasteiger partial charge in [0.2, 0.25) is 9.84 Å². The van der Waals surface area contributed by atoms with E-state index in [1.54, 1.807) is 0 Å². The number of sulfone groups is 2. The summed E-state index contributed by atoms with van der Waals surface area (Å²) < 4.78 is 46.1. The van der Waals surface area contributed by atoms with Gasteiger partial charge in [0.1, 0.15) is 0 Å². The summed E-state index contributed by atoms with van der Waals surface area (Å²) in [6.45, 7) is 6.30. The van der Waals surface area contributed by atoms with Crippen LogP contribution in [0.4, 0.5) is 5.69 Å². The first-order chi connectivity index (χ1) is 7.74. The van der Waals surface area contributed by atoms with Crippen LogP contribution in [0, 0.1) is 0 Å². The summed E-state index contributed by atoms with van der Waals surface area (Å²) in [5, 5.41) is 1.45. The standard InChI is InChI=1S/C10H11NO4S2/c1-3-16(12,13)8-5-6-9(11)10(7-8)17(14,15)4-2/h3-7H,1-2,11H2. The Bertz CT molecular complexity index is 672. The fourth-order valence-electron chi connectivity index (χ4n) is 1.12. The molecule has 0 aliphatic heterocycles. The Morgan fingerprint density at radius 3 is 2.00 bits per heavy atom. The molecule has 1 rings (SSSR count). The molecule has 0 saturated carbocycles. The van der Waals surface area contributed by atoms with Crippen LogP contribution >= 0.6 is 0 Å². The van der Waals surface area contributed by atoms with Crippen molar-refractivity contribution in [1.29, 1.82) is 0 Å². The minimum absolute atomic E-state index is 0.0343. The Labute approximate surface area is 100 Å². The second kappa shape index (κ2) is 4.34. The molecular weight excluding hydrogens is 262 g/mol. The summed E-state index contributed by atoms with van der Waals surface area (Å²) in [4.78, 5) is -0.461. The van der Waals surface area contributed by atoms with Gasteiger partial charge in [-0.3, -0.25) is 0 Å². The lowest BCUT2D eigenvalue weighted by Crippen LogP contribution is -2.04. The first kappa shape index (κ1) is 13.5. The lowest BCUT2D eigenvalue weighted by atomic mass is 10.3. The van der Waals surface area contributed by atoms with Crippen LogP contribution < -0.4 is 5.73 Å². The quantitative estimate of drug-likeness (QED) is 0.829. The van der Waals surface area contributed by atoms with Crippen LogP contribution in [-0.4, -0.2) is 16.8 Å². The van der Waals surface area contributed by atoms with Crippen molar-refractivity contribution in [2.45, 2.75) is 9.79 Å². The lowest BCUT2D eigenvalue weighted by Gasteiger charge is -2.06. The number of rotatable bonds is 4. The number of anilines is 1. The van der Waals surface area contributed by atoms with E-state index in [1.807, 2.05) is 0 Å². The van der Waals surface area contributed by atoms with E-state index in [4.69, 9.17) is 5.73 Å². The van der Waals surface area contributed by atoms with Crippen LogP contribution in [0.25, 0.3) is 0 Å². The molecule has 1 aromatic carbocycles. The molecule has 0 heterocycles. The van der Waals surface area contributed by atoms with Crippen LogP contribution in [0.1, 0.15) is 0 Å². The van der Waals surface area contributed by atoms with Gasteiger partial charge in [0.25, 0.3) is 0 Å². The second-order valence-electron chi connectivity index (χ2n) is 3.12. The molecule has 0 aliphatic rings. The van der Waals surface area contributed by atoms with Crippen molar-refractivity contribution in [1.82, 2.24) is 0 Å². The predicted molar refractivity (Wildman–Crippen MR) is 65.6 cm³/mol. The third-order valence-electron chi connectivity index (χ3n) is 2.06. The van der Waals surface area contributed by atoms with E-state index in [2.05, 4.69) is 13.2 Å². The highest BCUT2D eigenvalue weighted by molar-refractivity contribution is 7.95. The summed E-state index contributed by atoms with van der Waals surface area (Å²) in [5.41, 5.74) is 5.45. The molecule has 0 saturated heterocycles. The molecule has 0 aliphatic carbocycles. The molecule has 0 aromatic heterocycles. The Hall–Kier alpha value is -1.60. The smallest absolute Gasteiger partial charge is 0.201 e. The topological polar surface area (TPSA) is 94.3 Å². The van der Waals surface area contributed by atoms with E-state index >= 15 is 0 Å². The van der Waals surface area contributed by atoms with Gasteiger partial charge >= 0.3 is 0 Å². The lowest BCUT2D eigenvalue weighted by molar-refractivity contribution is 0.603. The van der Waals surface area contributed by atoms with Gasteiger partial charge in [-0.15, -0.1) is 0 Å². The van der Waals surface area contributed by atoms with Gasteiger partial charge in [-0.25, -0.2) is 16.8 Å². The van der Waals surface area contributed by atoms with E-state index in [-0.39, 0.29) is 15.5 Å². The van der Waals surface area contributed by atoms with Gasteiger partial charge in [0.05, 0.1) is 15.5 Å². The minimum Gasteiger partial charge on any atom is -0.398 e. The van der Waals surface area contributed by atoms with Crippen LogP contribution in [0.5, 0.6) is 0 Å². The molecule has 0 atom stereocenters. The predicted octanol–water partition coefficient (Wildman–Crippen LogP) is 1.10. The molecule has 17 heavy (non-hydrogen) atoms. The third-order valence-corrected chi connectivity index (χ3v) is 4.81. The summed E-state index contributed by atoms with van der Waals surface area (Å²) in [5.74, 6) is 0. The number of hydrogen-bond acceptors (Lipinski definition) is 5. The van der Waals surface area contributed by atoms with Crippen molar-refractivity contribution in [3.63, 3.8) is 0 Å². The van der Waals surface area contributed by atoms with Crippen molar-refractivity contribution < 1.29 is 16.8 Å². The Balaban J connectivity index is 3.62. The molecule has 0 bridgehead atoms. The normalized spacial score (nSPS) is 12.0. The highest BCUT2D eigenvalue weighted by atomic mass is 32.2. The van der Waals surface area contributed by atoms with E-state index in [0.717, 1.165) is 11.5 Å². The average Bonchev–Trinajstić information content (AvgIpc) is 2.29. The molecule has 0 spiro atoms. The van der Waals surface area contributed by atoms with Crippen LogP contribution in [0.15, 0.2) is 52.0 Å². The first-order valence-electron chi connectivity index (χ1n) is 4.39. The molecular formula is C10H11NO4S2. The summed E-state index contributed by atoms with van der Waals surface area (Å²) in [6, 6.07) is 3.42. The highest BCUT2D eigenvalue weighted by Crippen LogP contribution is 2.24. The Morgan fingerprint density at radius 2 is 1.53 bits per heavy atom. The zero-order valence-corrected chi connectivity index (χ0v) is 10.5. The van der Waals surface area contributed by atoms with Crippen molar-refractivity contribution in [2.75, 3.05) is 5.73 Å². The summed E-state index contributed by atoms with van der Waals surface area (Å²) >= 11 is 0. The fourth-order valence-corrected chi connectivity index (χ4v) is 2.80. The zero-order chi connectivity index (χ0) is 13.3. The molecule has 0 fully saturated rings. The van der Waals surface area contributed by atoms with Gasteiger partial charge in [0.15, 0.2) is 9.84 Å². The van der Waals surface area contributed by atoms with Crippen LogP contribution in [0.3, 0.4) is 0 Å². The van der Waals surface area contributed by atoms with E-state index in [0.29, 0.717) is 5.41 Å². The molecule has 1 aromatic rings. The highest BCUT2D eigenvalue weighted by Gasteiger charge is 2.18. The average molecular weight is 273 g/mol. The number of nitrogen functional groups attached to an aromatic ring is 1. The van der Waals surface area contributed by atoms with Crippen LogP contribution in [-0.2, 0) is 19.7 Å². The third kappa shape index (κ3) is 2.56. The number of benzene rings is 1. The van der Waals surface area contributed by atoms with Crippen molar-refractivity contribution in [3.8, 4) is 0 Å². The van der Waals surface area contributed by atoms with E-state index in [9.17, 15) is 16.8 Å². The molecule has 92 valence electrons. The Kier molecular flexibility index (Phi) is 3.44. The molecule has 0 unspecified atom stereocenters. The van der Waals surface area contributed by atoms with Crippen molar-refractivity contribution in [3.05, 3.63) is 42.2 Å². The van der Waals surface area contributed by atoms with Crippen molar-refractivity contribution in [2.24, 2.45) is 0 Å². The van der Waals surface area contributed by atoms with Crippen LogP contribution in [0.2, 0.25) is 0 Å². The summed E-state index contributed by atoms with van der Waals surface area (Å²) in [6.07, 6.45) is 0. The molecule has 0 radical (unpaired) electrons. The van der Waals surface area contributed by atoms with Gasteiger partial charge in [-0.05, 0) is 18.2 Å². The second-order valence-corrected chi connectivity index (χ2v) is 6.88. The van der Waals surface area contributed by atoms with Crippen molar-refractivity contribution >= 4 is 25.4 Å². The van der Waals surface area contributed by atoms with E-state index < -0.39 is 19.7 Å². The van der Waals surface area contributed by atoms with Gasteiger partial charge in [0, 0.05) is 10.8 Å².